The second-order valence-electron chi connectivity index (χ2n) is 9.94. The number of likely N-dealkylation sites (tertiary alicyclic amines) is 3. The van der Waals surface area contributed by atoms with Gasteiger partial charge in [0.2, 0.25) is 23.6 Å². The first-order valence-corrected chi connectivity index (χ1v) is 12.0. The molecule has 1 aliphatic carbocycles. The van der Waals surface area contributed by atoms with Crippen molar-refractivity contribution in [3.05, 3.63) is 0 Å². The molecule has 3 aliphatic heterocycles. The number of carbonyl (C=O) groups excluding carboxylic acids is 4. The minimum atomic E-state index is -0.214. The molecule has 1 atom stereocenters. The Labute approximate surface area is 184 Å². The van der Waals surface area contributed by atoms with Crippen LogP contribution in [0.5, 0.6) is 0 Å². The summed E-state index contributed by atoms with van der Waals surface area (Å²) in [5, 5.41) is 3.01. The lowest BCUT2D eigenvalue weighted by atomic mass is 9.92. The standard InChI is InChI=1S/C23H36N4O4/c1-16(28)25-10-6-19(7-11-25)23(31)26-8-4-18(5-9-26)14-27-15-20(12-21(27)29)22(30)24-13-17-2-3-17/h17-20H,2-15H2,1H3,(H,24,30). The summed E-state index contributed by atoms with van der Waals surface area (Å²) in [5.74, 6) is 1.28. The van der Waals surface area contributed by atoms with Gasteiger partial charge < -0.3 is 20.0 Å². The van der Waals surface area contributed by atoms with E-state index in [4.69, 9.17) is 0 Å². The quantitative estimate of drug-likeness (QED) is 0.674. The van der Waals surface area contributed by atoms with E-state index in [2.05, 4.69) is 5.32 Å². The zero-order valence-electron chi connectivity index (χ0n) is 18.7. The Morgan fingerprint density at radius 1 is 0.871 bits per heavy atom. The molecule has 4 fully saturated rings. The maximum absolute atomic E-state index is 12.9. The lowest BCUT2D eigenvalue weighted by Crippen LogP contribution is -2.47. The Hall–Kier alpha value is -2.12. The summed E-state index contributed by atoms with van der Waals surface area (Å²) in [7, 11) is 0. The summed E-state index contributed by atoms with van der Waals surface area (Å²) < 4.78 is 0. The molecule has 1 unspecified atom stereocenters. The van der Waals surface area contributed by atoms with E-state index in [1.807, 2.05) is 14.7 Å². The number of rotatable bonds is 6. The highest BCUT2D eigenvalue weighted by Crippen LogP contribution is 2.29. The van der Waals surface area contributed by atoms with Crippen molar-refractivity contribution in [1.29, 1.82) is 0 Å². The molecule has 0 bridgehead atoms. The van der Waals surface area contributed by atoms with E-state index in [9.17, 15) is 19.2 Å². The summed E-state index contributed by atoms with van der Waals surface area (Å²) >= 11 is 0. The minimum Gasteiger partial charge on any atom is -0.356 e. The number of hydrogen-bond donors (Lipinski definition) is 1. The summed E-state index contributed by atoms with van der Waals surface area (Å²) in [6.07, 6.45) is 6.05. The highest BCUT2D eigenvalue weighted by Gasteiger charge is 2.37. The average Bonchev–Trinajstić information content (AvgIpc) is 3.54. The van der Waals surface area contributed by atoms with E-state index in [1.54, 1.807) is 6.92 Å². The van der Waals surface area contributed by atoms with Gasteiger partial charge in [-0.1, -0.05) is 0 Å². The maximum atomic E-state index is 12.9. The van der Waals surface area contributed by atoms with E-state index in [0.717, 1.165) is 45.3 Å². The highest BCUT2D eigenvalue weighted by molar-refractivity contribution is 5.89. The highest BCUT2D eigenvalue weighted by atomic mass is 16.2. The summed E-state index contributed by atoms with van der Waals surface area (Å²) in [6.45, 7) is 6.40. The van der Waals surface area contributed by atoms with Crippen LogP contribution in [0.4, 0.5) is 0 Å². The third-order valence-electron chi connectivity index (χ3n) is 7.54. The third kappa shape index (κ3) is 5.57. The molecule has 8 heteroatoms. The van der Waals surface area contributed by atoms with Crippen molar-refractivity contribution in [2.75, 3.05) is 45.8 Å². The van der Waals surface area contributed by atoms with Crippen LogP contribution >= 0.6 is 0 Å². The van der Waals surface area contributed by atoms with Gasteiger partial charge in [0.25, 0.3) is 0 Å². The number of nitrogens with one attached hydrogen (secondary N) is 1. The van der Waals surface area contributed by atoms with Crippen molar-refractivity contribution in [2.45, 2.75) is 51.9 Å². The Kier molecular flexibility index (Phi) is 6.82. The predicted molar refractivity (Wildman–Crippen MR) is 115 cm³/mol. The monoisotopic (exact) mass is 432 g/mol. The van der Waals surface area contributed by atoms with E-state index < -0.39 is 0 Å². The third-order valence-corrected chi connectivity index (χ3v) is 7.54. The molecule has 3 heterocycles. The molecule has 1 saturated carbocycles. The fourth-order valence-electron chi connectivity index (χ4n) is 5.18. The SMILES string of the molecule is CC(=O)N1CCC(C(=O)N2CCC(CN3CC(C(=O)NCC4CC4)CC3=O)CC2)CC1. The molecule has 0 aromatic rings. The molecule has 8 nitrogen and oxygen atoms in total. The molecular formula is C23H36N4O4. The van der Waals surface area contributed by atoms with Gasteiger partial charge in [0.05, 0.1) is 5.92 Å². The van der Waals surface area contributed by atoms with Crippen molar-refractivity contribution in [3.8, 4) is 0 Å². The van der Waals surface area contributed by atoms with Crippen LogP contribution in [-0.4, -0.2) is 84.1 Å². The van der Waals surface area contributed by atoms with Crippen molar-refractivity contribution in [2.24, 2.45) is 23.7 Å². The van der Waals surface area contributed by atoms with Crippen molar-refractivity contribution in [3.63, 3.8) is 0 Å². The topological polar surface area (TPSA) is 90.0 Å². The number of piperidine rings is 2. The van der Waals surface area contributed by atoms with Gasteiger partial charge in [-0.15, -0.1) is 0 Å². The van der Waals surface area contributed by atoms with Gasteiger partial charge >= 0.3 is 0 Å². The van der Waals surface area contributed by atoms with Gasteiger partial charge in [0, 0.05) is 65.1 Å². The second kappa shape index (κ2) is 9.57. The molecule has 0 aromatic carbocycles. The van der Waals surface area contributed by atoms with Gasteiger partial charge in [0.1, 0.15) is 0 Å². The molecule has 1 N–H and O–H groups in total. The maximum Gasteiger partial charge on any atom is 0.225 e. The normalized spacial score (nSPS) is 25.8. The van der Waals surface area contributed by atoms with Crippen molar-refractivity contribution < 1.29 is 19.2 Å². The van der Waals surface area contributed by atoms with Gasteiger partial charge in [-0.2, -0.15) is 0 Å². The fourth-order valence-corrected chi connectivity index (χ4v) is 5.18. The largest absolute Gasteiger partial charge is 0.356 e. The molecule has 172 valence electrons. The van der Waals surface area contributed by atoms with Crippen LogP contribution in [0.2, 0.25) is 0 Å². The van der Waals surface area contributed by atoms with Gasteiger partial charge in [0.15, 0.2) is 0 Å². The Morgan fingerprint density at radius 2 is 1.52 bits per heavy atom. The van der Waals surface area contributed by atoms with Gasteiger partial charge in [-0.05, 0) is 50.4 Å². The first kappa shape index (κ1) is 22.1. The van der Waals surface area contributed by atoms with E-state index in [-0.39, 0.29) is 35.5 Å². The van der Waals surface area contributed by atoms with Crippen LogP contribution in [0.1, 0.15) is 51.9 Å². The number of nitrogens with zero attached hydrogens (tertiary/aromatic N) is 3. The van der Waals surface area contributed by atoms with Gasteiger partial charge in [-0.3, -0.25) is 19.2 Å². The number of amides is 4. The second-order valence-corrected chi connectivity index (χ2v) is 9.94. The fraction of sp³-hybridized carbons (Fsp3) is 0.826. The summed E-state index contributed by atoms with van der Waals surface area (Å²) in [5.41, 5.74) is 0. The summed E-state index contributed by atoms with van der Waals surface area (Å²) in [6, 6.07) is 0. The van der Waals surface area contributed by atoms with E-state index in [1.165, 1.54) is 12.8 Å². The molecule has 4 rings (SSSR count). The number of hydrogen-bond acceptors (Lipinski definition) is 4. The van der Waals surface area contributed by atoms with Crippen LogP contribution in [0.25, 0.3) is 0 Å². The molecule has 31 heavy (non-hydrogen) atoms. The molecule has 4 aliphatic rings. The molecule has 0 spiro atoms. The van der Waals surface area contributed by atoms with Crippen molar-refractivity contribution >= 4 is 23.6 Å². The molecule has 0 radical (unpaired) electrons. The minimum absolute atomic E-state index is 0.0268. The predicted octanol–water partition coefficient (Wildman–Crippen LogP) is 0.858. The summed E-state index contributed by atoms with van der Waals surface area (Å²) in [4.78, 5) is 54.8. The van der Waals surface area contributed by atoms with Crippen LogP contribution in [0.15, 0.2) is 0 Å². The lowest BCUT2D eigenvalue weighted by Gasteiger charge is -2.38. The van der Waals surface area contributed by atoms with Crippen molar-refractivity contribution in [1.82, 2.24) is 20.0 Å². The first-order chi connectivity index (χ1) is 14.9. The first-order valence-electron chi connectivity index (χ1n) is 12.0. The van der Waals surface area contributed by atoms with Crippen LogP contribution in [-0.2, 0) is 19.2 Å². The van der Waals surface area contributed by atoms with Crippen LogP contribution in [0.3, 0.4) is 0 Å². The molecule has 0 aromatic heterocycles. The lowest BCUT2D eigenvalue weighted by molar-refractivity contribution is -0.141. The Morgan fingerprint density at radius 3 is 2.13 bits per heavy atom. The van der Waals surface area contributed by atoms with E-state index >= 15 is 0 Å². The smallest absolute Gasteiger partial charge is 0.225 e. The molecule has 4 amide bonds. The number of carbonyl (C=O) groups is 4. The zero-order chi connectivity index (χ0) is 22.0. The van der Waals surface area contributed by atoms with Gasteiger partial charge in [-0.25, -0.2) is 0 Å². The zero-order valence-corrected chi connectivity index (χ0v) is 18.7. The van der Waals surface area contributed by atoms with Crippen LogP contribution in [0, 0.1) is 23.7 Å². The van der Waals surface area contributed by atoms with Crippen LogP contribution < -0.4 is 5.32 Å². The average molecular weight is 433 g/mol. The Balaban J connectivity index is 1.18. The van der Waals surface area contributed by atoms with E-state index in [0.29, 0.717) is 44.4 Å². The molecule has 3 saturated heterocycles. The Bertz CT molecular complexity index is 706. The molecular weight excluding hydrogens is 396 g/mol.